The molecule has 2 nitrogen and oxygen atoms in total. The molecule has 0 unspecified atom stereocenters. The van der Waals surface area contributed by atoms with Gasteiger partial charge in [0.25, 0.3) is 0 Å². The second-order valence-corrected chi connectivity index (χ2v) is 6.83. The van der Waals surface area contributed by atoms with Crippen LogP contribution in [0, 0.1) is 0 Å². The van der Waals surface area contributed by atoms with E-state index >= 15 is 0 Å². The van der Waals surface area contributed by atoms with Crippen molar-refractivity contribution < 1.29 is 9.53 Å². The molecule has 1 aliphatic carbocycles. The third-order valence-corrected chi connectivity index (χ3v) is 3.71. The zero-order valence-corrected chi connectivity index (χ0v) is 13.8. The van der Waals surface area contributed by atoms with Crippen LogP contribution in [0.2, 0.25) is 0 Å². The van der Waals surface area contributed by atoms with Crippen LogP contribution in [0.4, 0.5) is 0 Å². The molecule has 0 bridgehead atoms. The molecule has 1 aliphatic rings. The molecule has 0 fully saturated rings. The Morgan fingerprint density at radius 1 is 1.23 bits per heavy atom. The predicted molar refractivity (Wildman–Crippen MR) is 90.8 cm³/mol. The van der Waals surface area contributed by atoms with Gasteiger partial charge in [-0.05, 0) is 48.4 Å². The minimum absolute atomic E-state index is 0.0853. The van der Waals surface area contributed by atoms with Crippen molar-refractivity contribution in [1.29, 1.82) is 0 Å². The highest BCUT2D eigenvalue weighted by Gasteiger charge is 2.14. The van der Waals surface area contributed by atoms with Gasteiger partial charge in [-0.3, -0.25) is 0 Å². The Bertz CT molecular complexity index is 623. The summed E-state index contributed by atoms with van der Waals surface area (Å²) in [7, 11) is 0. The first kappa shape index (κ1) is 16.3. The average Bonchev–Trinajstić information content (AvgIpc) is 2.97. The van der Waals surface area contributed by atoms with Crippen molar-refractivity contribution in [3.8, 4) is 0 Å². The van der Waals surface area contributed by atoms with E-state index in [0.717, 1.165) is 18.4 Å². The maximum absolute atomic E-state index is 12.1. The molecular formula is C20H24O2. The van der Waals surface area contributed by atoms with Crippen LogP contribution >= 0.6 is 0 Å². The lowest BCUT2D eigenvalue weighted by molar-refractivity contribution is 0.0660. The summed E-state index contributed by atoms with van der Waals surface area (Å²) < 4.78 is 5.28. The van der Waals surface area contributed by atoms with E-state index in [0.29, 0.717) is 5.56 Å². The minimum Gasteiger partial charge on any atom is -0.431 e. The van der Waals surface area contributed by atoms with Gasteiger partial charge in [-0.25, -0.2) is 4.79 Å². The van der Waals surface area contributed by atoms with E-state index in [2.05, 4.69) is 39.0 Å². The van der Waals surface area contributed by atoms with Gasteiger partial charge in [0.2, 0.25) is 0 Å². The van der Waals surface area contributed by atoms with Gasteiger partial charge >= 0.3 is 5.97 Å². The van der Waals surface area contributed by atoms with E-state index in [-0.39, 0.29) is 11.4 Å². The fourth-order valence-electron chi connectivity index (χ4n) is 2.35. The van der Waals surface area contributed by atoms with Gasteiger partial charge in [-0.1, -0.05) is 56.7 Å². The second kappa shape index (κ2) is 6.78. The smallest absolute Gasteiger partial charge is 0.342 e. The van der Waals surface area contributed by atoms with Crippen LogP contribution in [0.1, 0.15) is 56.5 Å². The second-order valence-electron chi connectivity index (χ2n) is 6.83. The molecule has 0 saturated carbocycles. The summed E-state index contributed by atoms with van der Waals surface area (Å²) >= 11 is 0. The molecule has 0 N–H and O–H groups in total. The lowest BCUT2D eigenvalue weighted by Gasteiger charge is -2.18. The van der Waals surface area contributed by atoms with Crippen molar-refractivity contribution in [3.63, 3.8) is 0 Å². The number of ether oxygens (including phenoxy) is 1. The zero-order chi connectivity index (χ0) is 16.2. The first-order chi connectivity index (χ1) is 10.4. The Morgan fingerprint density at radius 2 is 1.91 bits per heavy atom. The highest BCUT2D eigenvalue weighted by atomic mass is 16.5. The predicted octanol–water partition coefficient (Wildman–Crippen LogP) is 5.32. The monoisotopic (exact) mass is 296 g/mol. The van der Waals surface area contributed by atoms with Crippen molar-refractivity contribution in [1.82, 2.24) is 0 Å². The van der Waals surface area contributed by atoms with E-state index in [1.165, 1.54) is 11.1 Å². The van der Waals surface area contributed by atoms with Gasteiger partial charge in [-0.15, -0.1) is 0 Å². The molecular weight excluding hydrogens is 272 g/mol. The maximum atomic E-state index is 12.1. The van der Waals surface area contributed by atoms with E-state index in [9.17, 15) is 4.79 Å². The standard InChI is InChI=1S/C20H24O2/c1-15(13-16-7-5-6-8-16)14-22-19(21)17-9-11-18(12-10-17)20(2,3)4/h5-7,9-12,14H,8,13H2,1-4H3/b15-14+. The molecule has 0 heterocycles. The summed E-state index contributed by atoms with van der Waals surface area (Å²) in [5.41, 5.74) is 4.27. The zero-order valence-electron chi connectivity index (χ0n) is 13.8. The number of esters is 1. The Balaban J connectivity index is 1.94. The Kier molecular flexibility index (Phi) is 5.02. The third kappa shape index (κ3) is 4.45. The van der Waals surface area contributed by atoms with E-state index in [1.54, 1.807) is 6.26 Å². The lowest BCUT2D eigenvalue weighted by Crippen LogP contribution is -2.11. The van der Waals surface area contributed by atoms with Crippen molar-refractivity contribution >= 4 is 5.97 Å². The molecule has 0 atom stereocenters. The van der Waals surface area contributed by atoms with Crippen molar-refractivity contribution in [3.05, 3.63) is 71.0 Å². The summed E-state index contributed by atoms with van der Waals surface area (Å²) in [6.07, 6.45) is 9.72. The van der Waals surface area contributed by atoms with Gasteiger partial charge in [0.05, 0.1) is 11.8 Å². The molecule has 1 aromatic carbocycles. The normalized spacial score (nSPS) is 14.9. The number of carbonyl (C=O) groups excluding carboxylic acids is 1. The fraction of sp³-hybridized carbons (Fsp3) is 0.350. The first-order valence-corrected chi connectivity index (χ1v) is 7.68. The molecule has 0 saturated heterocycles. The first-order valence-electron chi connectivity index (χ1n) is 7.68. The molecule has 116 valence electrons. The molecule has 0 spiro atoms. The average molecular weight is 296 g/mol. The van der Waals surface area contributed by atoms with Gasteiger partial charge in [0.15, 0.2) is 0 Å². The summed E-state index contributed by atoms with van der Waals surface area (Å²) in [4.78, 5) is 12.1. The molecule has 0 radical (unpaired) electrons. The molecule has 0 amide bonds. The topological polar surface area (TPSA) is 26.3 Å². The van der Waals surface area contributed by atoms with Gasteiger partial charge < -0.3 is 4.74 Å². The fourth-order valence-corrected chi connectivity index (χ4v) is 2.35. The van der Waals surface area contributed by atoms with E-state index in [4.69, 9.17) is 4.74 Å². The molecule has 2 rings (SSSR count). The number of hydrogen-bond acceptors (Lipinski definition) is 2. The van der Waals surface area contributed by atoms with Crippen LogP contribution in [0.25, 0.3) is 0 Å². The number of allylic oxidation sites excluding steroid dienone is 5. The summed E-state index contributed by atoms with van der Waals surface area (Å²) in [6.45, 7) is 8.44. The lowest BCUT2D eigenvalue weighted by atomic mass is 9.87. The Morgan fingerprint density at radius 3 is 2.45 bits per heavy atom. The summed E-state index contributed by atoms with van der Waals surface area (Å²) in [6, 6.07) is 7.63. The van der Waals surface area contributed by atoms with Crippen LogP contribution in [0.5, 0.6) is 0 Å². The number of rotatable bonds is 4. The van der Waals surface area contributed by atoms with Crippen molar-refractivity contribution in [2.24, 2.45) is 0 Å². The van der Waals surface area contributed by atoms with Crippen molar-refractivity contribution in [2.75, 3.05) is 0 Å². The van der Waals surface area contributed by atoms with E-state index < -0.39 is 0 Å². The molecule has 0 aliphatic heterocycles. The molecule has 22 heavy (non-hydrogen) atoms. The highest BCUT2D eigenvalue weighted by molar-refractivity contribution is 5.89. The van der Waals surface area contributed by atoms with Gasteiger partial charge in [-0.2, -0.15) is 0 Å². The Labute approximate surface area is 133 Å². The number of carbonyl (C=O) groups is 1. The van der Waals surface area contributed by atoms with Crippen LogP contribution in [0.3, 0.4) is 0 Å². The van der Waals surface area contributed by atoms with Gasteiger partial charge in [0.1, 0.15) is 0 Å². The Hall–Kier alpha value is -2.09. The summed E-state index contributed by atoms with van der Waals surface area (Å²) in [5, 5.41) is 0. The van der Waals surface area contributed by atoms with Crippen molar-refractivity contribution in [2.45, 2.75) is 46.0 Å². The van der Waals surface area contributed by atoms with Gasteiger partial charge in [0, 0.05) is 0 Å². The largest absolute Gasteiger partial charge is 0.431 e. The maximum Gasteiger partial charge on any atom is 0.342 e. The van der Waals surface area contributed by atoms with Crippen LogP contribution in [-0.4, -0.2) is 5.97 Å². The van der Waals surface area contributed by atoms with Crippen LogP contribution in [-0.2, 0) is 10.2 Å². The SMILES string of the molecule is C/C(=C\OC(=O)c1ccc(C(C)(C)C)cc1)CC1=CC=CC1. The number of benzene rings is 1. The van der Waals surface area contributed by atoms with E-state index in [1.807, 2.05) is 31.2 Å². The summed E-state index contributed by atoms with van der Waals surface area (Å²) in [5.74, 6) is -0.307. The third-order valence-electron chi connectivity index (χ3n) is 3.71. The quantitative estimate of drug-likeness (QED) is 0.555. The number of hydrogen-bond donors (Lipinski definition) is 0. The minimum atomic E-state index is -0.307. The molecule has 1 aromatic rings. The van der Waals surface area contributed by atoms with Crippen LogP contribution < -0.4 is 0 Å². The molecule has 2 heteroatoms. The molecule has 0 aromatic heterocycles. The highest BCUT2D eigenvalue weighted by Crippen LogP contribution is 2.23. The van der Waals surface area contributed by atoms with Crippen LogP contribution in [0.15, 0.2) is 59.9 Å².